The maximum atomic E-state index is 13.0. The molecule has 7 nitrogen and oxygen atoms in total. The van der Waals surface area contributed by atoms with E-state index in [4.69, 9.17) is 8.83 Å². The van der Waals surface area contributed by atoms with Crippen LogP contribution >= 0.6 is 0 Å². The summed E-state index contributed by atoms with van der Waals surface area (Å²) < 4.78 is 15.8. The van der Waals surface area contributed by atoms with Crippen LogP contribution in [0.2, 0.25) is 0 Å². The van der Waals surface area contributed by atoms with E-state index in [1.807, 2.05) is 31.2 Å². The quantitative estimate of drug-likeness (QED) is 0.126. The molecule has 0 aliphatic rings. The van der Waals surface area contributed by atoms with Crippen molar-refractivity contribution >= 4 is 28.8 Å². The van der Waals surface area contributed by atoms with E-state index in [0.717, 1.165) is 24.6 Å². The number of benzene rings is 1. The Bertz CT molecular complexity index is 1370. The molecule has 0 saturated carbocycles. The Balaban J connectivity index is 1.72. The van der Waals surface area contributed by atoms with Crippen LogP contribution in [0.25, 0.3) is 17.0 Å². The first-order valence-corrected chi connectivity index (χ1v) is 12.6. The third-order valence-electron chi connectivity index (χ3n) is 6.24. The van der Waals surface area contributed by atoms with Crippen LogP contribution in [-0.4, -0.2) is 24.0 Å². The fourth-order valence-corrected chi connectivity index (χ4v) is 4.02. The molecule has 0 spiro atoms. The number of ketones is 1. The number of allylic oxidation sites excluding steroid dienone is 2. The number of carbonyl (C=O) groups is 2. The van der Waals surface area contributed by atoms with E-state index in [0.29, 0.717) is 29.9 Å². The van der Waals surface area contributed by atoms with Crippen molar-refractivity contribution < 1.29 is 28.3 Å². The van der Waals surface area contributed by atoms with Crippen molar-refractivity contribution in [2.75, 3.05) is 7.11 Å². The number of carbonyl (C=O) groups excluding carboxylic acids is 2. The Kier molecular flexibility index (Phi) is 9.66. The third kappa shape index (κ3) is 7.32. The second kappa shape index (κ2) is 12.9. The molecule has 2 aromatic heterocycles. The highest BCUT2D eigenvalue weighted by molar-refractivity contribution is 6.12. The summed E-state index contributed by atoms with van der Waals surface area (Å²) in [6, 6.07) is 9.22. The predicted molar refractivity (Wildman–Crippen MR) is 143 cm³/mol. The fourth-order valence-electron chi connectivity index (χ4n) is 4.02. The molecule has 3 rings (SSSR count). The molecule has 0 bridgehead atoms. The summed E-state index contributed by atoms with van der Waals surface area (Å²) in [4.78, 5) is 36.8. The number of Topliss-reactive ketones (excluding diaryl/α,β-unsaturated/α-hetero) is 1. The molecule has 0 aliphatic carbocycles. The van der Waals surface area contributed by atoms with E-state index < -0.39 is 22.7 Å². The molecular weight excluding hydrogens is 472 g/mol. The number of hydrogen-bond donors (Lipinski definition) is 1. The number of rotatable bonds is 12. The largest absolute Gasteiger partial charge is 0.507 e. The molecule has 0 radical (unpaired) electrons. The number of methoxy groups -OCH3 is 1. The molecule has 3 aromatic rings. The molecule has 1 N–H and O–H groups in total. The van der Waals surface area contributed by atoms with Gasteiger partial charge in [0.25, 0.3) is 0 Å². The number of ether oxygens (including phenoxy) is 1. The second-order valence-electron chi connectivity index (χ2n) is 9.21. The summed E-state index contributed by atoms with van der Waals surface area (Å²) in [5.41, 5.74) is 0.899. The van der Waals surface area contributed by atoms with Crippen molar-refractivity contribution in [3.63, 3.8) is 0 Å². The van der Waals surface area contributed by atoms with Crippen LogP contribution in [0.5, 0.6) is 5.75 Å². The lowest BCUT2D eigenvalue weighted by atomic mass is 9.99. The highest BCUT2D eigenvalue weighted by Gasteiger charge is 2.22. The zero-order valence-corrected chi connectivity index (χ0v) is 21.8. The number of fused-ring (bicyclic) bond motifs is 1. The Morgan fingerprint density at radius 1 is 1.14 bits per heavy atom. The van der Waals surface area contributed by atoms with Gasteiger partial charge in [-0.25, -0.2) is 4.79 Å². The Morgan fingerprint density at radius 2 is 1.92 bits per heavy atom. The van der Waals surface area contributed by atoms with Gasteiger partial charge in [-0.15, -0.1) is 0 Å². The normalized spacial score (nSPS) is 12.8. The van der Waals surface area contributed by atoms with Crippen molar-refractivity contribution in [2.45, 2.75) is 65.2 Å². The Morgan fingerprint density at radius 3 is 2.62 bits per heavy atom. The molecule has 7 heteroatoms. The number of furan rings is 1. The molecule has 196 valence electrons. The van der Waals surface area contributed by atoms with Crippen LogP contribution in [0.4, 0.5) is 0 Å². The summed E-state index contributed by atoms with van der Waals surface area (Å²) in [7, 11) is 1.33. The van der Waals surface area contributed by atoms with Crippen LogP contribution in [0, 0.1) is 0 Å². The van der Waals surface area contributed by atoms with Gasteiger partial charge in [0.2, 0.25) is 0 Å². The molecule has 0 saturated heterocycles. The molecule has 1 unspecified atom stereocenters. The molecule has 0 aliphatic heterocycles. The lowest BCUT2D eigenvalue weighted by Gasteiger charge is -2.11. The summed E-state index contributed by atoms with van der Waals surface area (Å²) in [5.74, 6) is -0.759. The van der Waals surface area contributed by atoms with Crippen molar-refractivity contribution in [2.24, 2.45) is 0 Å². The van der Waals surface area contributed by atoms with E-state index in [2.05, 4.69) is 17.7 Å². The van der Waals surface area contributed by atoms with Crippen LogP contribution < -0.4 is 5.63 Å². The van der Waals surface area contributed by atoms with E-state index in [1.54, 1.807) is 19.1 Å². The molecule has 0 fully saturated rings. The molecule has 0 amide bonds. The fraction of sp³-hybridized carbons (Fsp3) is 0.367. The lowest BCUT2D eigenvalue weighted by molar-refractivity contribution is -0.139. The van der Waals surface area contributed by atoms with E-state index in [1.165, 1.54) is 18.7 Å². The standard InChI is InChI=1S/C30H34O7/c1-5-6-11-21-13-14-25-22(16-21)17-23(36-25)15-20(3)29(33)28-24(31)18-26(37-30(28)34)19(2)10-8-7-9-12-27(32)35-4/h7,9,13-19,31H,5-6,8,10-12H2,1-4H3/b9-7+,20-15?. The van der Waals surface area contributed by atoms with Gasteiger partial charge in [0, 0.05) is 22.9 Å². The Hall–Kier alpha value is -3.87. The third-order valence-corrected chi connectivity index (χ3v) is 6.24. The average molecular weight is 507 g/mol. The first-order valence-electron chi connectivity index (χ1n) is 12.6. The number of aryl methyl sites for hydroxylation is 1. The van der Waals surface area contributed by atoms with Gasteiger partial charge in [0.05, 0.1) is 13.5 Å². The summed E-state index contributed by atoms with van der Waals surface area (Å²) >= 11 is 0. The Labute approximate surface area is 216 Å². The van der Waals surface area contributed by atoms with Gasteiger partial charge < -0.3 is 18.7 Å². The maximum Gasteiger partial charge on any atom is 0.351 e. The molecule has 37 heavy (non-hydrogen) atoms. The highest BCUT2D eigenvalue weighted by atomic mass is 16.5. The molecule has 1 atom stereocenters. The smallest absolute Gasteiger partial charge is 0.351 e. The van der Waals surface area contributed by atoms with Gasteiger partial charge in [-0.05, 0) is 62.4 Å². The van der Waals surface area contributed by atoms with E-state index in [9.17, 15) is 19.5 Å². The first kappa shape index (κ1) is 27.7. The van der Waals surface area contributed by atoms with Crippen molar-refractivity contribution in [1.82, 2.24) is 0 Å². The minimum atomic E-state index is -0.883. The summed E-state index contributed by atoms with van der Waals surface area (Å²) in [6.45, 7) is 5.58. The van der Waals surface area contributed by atoms with E-state index >= 15 is 0 Å². The van der Waals surface area contributed by atoms with Crippen LogP contribution in [0.3, 0.4) is 0 Å². The zero-order valence-electron chi connectivity index (χ0n) is 21.8. The van der Waals surface area contributed by atoms with Crippen LogP contribution in [0.15, 0.2) is 61.7 Å². The van der Waals surface area contributed by atoms with Gasteiger partial charge in [0.1, 0.15) is 28.4 Å². The summed E-state index contributed by atoms with van der Waals surface area (Å²) in [5, 5.41) is 11.5. The SMILES string of the molecule is CCCCc1ccc2oc(C=C(C)C(=O)c3c(O)cc(C(C)CC/C=C/CC(=O)OC)oc3=O)cc2c1. The lowest BCUT2D eigenvalue weighted by Crippen LogP contribution is -2.16. The molecule has 2 heterocycles. The molecule has 1 aromatic carbocycles. The number of aromatic hydroxyl groups is 1. The molecular formula is C30H34O7. The highest BCUT2D eigenvalue weighted by Crippen LogP contribution is 2.27. The van der Waals surface area contributed by atoms with Crippen LogP contribution in [-0.2, 0) is 16.0 Å². The van der Waals surface area contributed by atoms with Gasteiger partial charge in [0.15, 0.2) is 5.78 Å². The zero-order chi connectivity index (χ0) is 26.9. The first-order chi connectivity index (χ1) is 17.7. The van der Waals surface area contributed by atoms with E-state index in [-0.39, 0.29) is 23.9 Å². The predicted octanol–water partition coefficient (Wildman–Crippen LogP) is 6.72. The van der Waals surface area contributed by atoms with Gasteiger partial charge in [-0.3, -0.25) is 9.59 Å². The van der Waals surface area contributed by atoms with Crippen molar-refractivity contribution in [1.29, 1.82) is 0 Å². The number of esters is 1. The van der Waals surface area contributed by atoms with Crippen molar-refractivity contribution in [3.05, 3.63) is 81.1 Å². The summed E-state index contributed by atoms with van der Waals surface area (Å²) in [6.07, 6.45) is 9.81. The average Bonchev–Trinajstić information content (AvgIpc) is 3.27. The van der Waals surface area contributed by atoms with Gasteiger partial charge >= 0.3 is 11.6 Å². The topological polar surface area (TPSA) is 107 Å². The maximum absolute atomic E-state index is 13.0. The number of unbranched alkanes of at least 4 members (excludes halogenated alkanes) is 1. The van der Waals surface area contributed by atoms with Gasteiger partial charge in [-0.2, -0.15) is 0 Å². The second-order valence-corrected chi connectivity index (χ2v) is 9.21. The minimum absolute atomic E-state index is 0.181. The minimum Gasteiger partial charge on any atom is -0.507 e. The number of hydrogen-bond acceptors (Lipinski definition) is 7. The van der Waals surface area contributed by atoms with Crippen LogP contribution in [0.1, 0.15) is 86.2 Å². The monoisotopic (exact) mass is 506 g/mol. The van der Waals surface area contributed by atoms with Gasteiger partial charge in [-0.1, -0.05) is 38.5 Å². The van der Waals surface area contributed by atoms with Crippen molar-refractivity contribution in [3.8, 4) is 5.75 Å².